The molecule has 0 aliphatic carbocycles. The summed E-state index contributed by atoms with van der Waals surface area (Å²) >= 11 is 0. The van der Waals surface area contributed by atoms with Gasteiger partial charge in [0.15, 0.2) is 0 Å². The molecule has 0 saturated heterocycles. The molecule has 1 unspecified atom stereocenters. The van der Waals surface area contributed by atoms with E-state index in [1.165, 1.54) is 12.0 Å². The maximum atomic E-state index is 4.15. The third-order valence-corrected chi connectivity index (χ3v) is 2.76. The van der Waals surface area contributed by atoms with Gasteiger partial charge in [0.2, 0.25) is 0 Å². The molecule has 15 heavy (non-hydrogen) atoms. The van der Waals surface area contributed by atoms with E-state index in [1.807, 2.05) is 25.5 Å². The fourth-order valence-electron chi connectivity index (χ4n) is 2.06. The number of hydrogen-bond donors (Lipinski definition) is 1. The van der Waals surface area contributed by atoms with E-state index >= 15 is 0 Å². The molecule has 1 atom stereocenters. The topological polar surface area (TPSA) is 24.9 Å². The fourth-order valence-corrected chi connectivity index (χ4v) is 2.06. The standard InChI is InChI=1S/C13H22N2/c1-11(14-4)8-13(2,3)9-12-6-5-7-15-10-12/h5-7,10-11,14H,8-9H2,1-4H3. The van der Waals surface area contributed by atoms with E-state index < -0.39 is 0 Å². The van der Waals surface area contributed by atoms with Gasteiger partial charge in [-0.05, 0) is 43.9 Å². The van der Waals surface area contributed by atoms with Crippen LogP contribution >= 0.6 is 0 Å². The Labute approximate surface area is 93.1 Å². The molecule has 0 aliphatic heterocycles. The first-order chi connectivity index (χ1) is 7.03. The summed E-state index contributed by atoms with van der Waals surface area (Å²) in [5.74, 6) is 0. The Morgan fingerprint density at radius 3 is 2.73 bits per heavy atom. The molecule has 2 heteroatoms. The molecule has 1 N–H and O–H groups in total. The Morgan fingerprint density at radius 2 is 2.20 bits per heavy atom. The van der Waals surface area contributed by atoms with Crippen molar-refractivity contribution < 1.29 is 0 Å². The Morgan fingerprint density at radius 1 is 1.47 bits per heavy atom. The summed E-state index contributed by atoms with van der Waals surface area (Å²) in [7, 11) is 2.02. The van der Waals surface area contributed by atoms with Crippen LogP contribution in [0, 0.1) is 5.41 Å². The van der Waals surface area contributed by atoms with Gasteiger partial charge in [-0.3, -0.25) is 4.98 Å². The largest absolute Gasteiger partial charge is 0.317 e. The molecule has 1 heterocycles. The molecule has 0 fully saturated rings. The number of hydrogen-bond acceptors (Lipinski definition) is 2. The van der Waals surface area contributed by atoms with Gasteiger partial charge < -0.3 is 5.32 Å². The maximum absolute atomic E-state index is 4.15. The van der Waals surface area contributed by atoms with Crippen molar-refractivity contribution in [2.45, 2.75) is 39.7 Å². The molecule has 0 bridgehead atoms. The minimum Gasteiger partial charge on any atom is -0.317 e. The summed E-state index contributed by atoms with van der Waals surface area (Å²) in [5.41, 5.74) is 1.65. The average molecular weight is 206 g/mol. The van der Waals surface area contributed by atoms with Gasteiger partial charge in [0.05, 0.1) is 0 Å². The normalized spacial score (nSPS) is 13.9. The third kappa shape index (κ3) is 4.43. The van der Waals surface area contributed by atoms with Gasteiger partial charge in [-0.15, -0.1) is 0 Å². The van der Waals surface area contributed by atoms with Gasteiger partial charge in [0.1, 0.15) is 0 Å². The van der Waals surface area contributed by atoms with E-state index in [0.29, 0.717) is 11.5 Å². The SMILES string of the molecule is CNC(C)CC(C)(C)Cc1cccnc1. The first kappa shape index (κ1) is 12.2. The van der Waals surface area contributed by atoms with E-state index in [-0.39, 0.29) is 0 Å². The molecule has 0 saturated carbocycles. The van der Waals surface area contributed by atoms with Gasteiger partial charge >= 0.3 is 0 Å². The molecule has 0 radical (unpaired) electrons. The zero-order valence-corrected chi connectivity index (χ0v) is 10.2. The summed E-state index contributed by atoms with van der Waals surface area (Å²) in [6.07, 6.45) is 6.06. The van der Waals surface area contributed by atoms with Crippen LogP contribution in [0.5, 0.6) is 0 Å². The molecule has 0 spiro atoms. The van der Waals surface area contributed by atoms with E-state index in [9.17, 15) is 0 Å². The monoisotopic (exact) mass is 206 g/mol. The Balaban J connectivity index is 2.56. The lowest BCUT2D eigenvalue weighted by molar-refractivity contribution is 0.293. The minimum atomic E-state index is 0.325. The van der Waals surface area contributed by atoms with Crippen LogP contribution in [0.15, 0.2) is 24.5 Å². The van der Waals surface area contributed by atoms with E-state index in [2.05, 4.69) is 37.1 Å². The van der Waals surface area contributed by atoms with Crippen molar-refractivity contribution in [3.05, 3.63) is 30.1 Å². The van der Waals surface area contributed by atoms with Crippen LogP contribution in [0.25, 0.3) is 0 Å². The molecular weight excluding hydrogens is 184 g/mol. The lowest BCUT2D eigenvalue weighted by Gasteiger charge is -2.28. The van der Waals surface area contributed by atoms with E-state index in [1.54, 1.807) is 0 Å². The first-order valence-corrected chi connectivity index (χ1v) is 5.60. The third-order valence-electron chi connectivity index (χ3n) is 2.76. The predicted octanol–water partition coefficient (Wildman–Crippen LogP) is 2.65. The molecular formula is C13H22N2. The maximum Gasteiger partial charge on any atom is 0.0300 e. The highest BCUT2D eigenvalue weighted by Crippen LogP contribution is 2.26. The quantitative estimate of drug-likeness (QED) is 0.801. The zero-order valence-electron chi connectivity index (χ0n) is 10.2. The second-order valence-corrected chi connectivity index (χ2v) is 5.10. The Bertz CT molecular complexity index is 280. The highest BCUT2D eigenvalue weighted by atomic mass is 14.9. The number of rotatable bonds is 5. The van der Waals surface area contributed by atoms with Crippen molar-refractivity contribution in [2.75, 3.05) is 7.05 Å². The van der Waals surface area contributed by atoms with Gasteiger partial charge in [0, 0.05) is 18.4 Å². The van der Waals surface area contributed by atoms with Crippen molar-refractivity contribution in [2.24, 2.45) is 5.41 Å². The van der Waals surface area contributed by atoms with Crippen molar-refractivity contribution in [3.8, 4) is 0 Å². The number of aromatic nitrogens is 1. The lowest BCUT2D eigenvalue weighted by atomic mass is 9.81. The molecule has 2 nitrogen and oxygen atoms in total. The first-order valence-electron chi connectivity index (χ1n) is 5.60. The zero-order chi connectivity index (χ0) is 11.3. The summed E-state index contributed by atoms with van der Waals surface area (Å²) in [6, 6.07) is 4.72. The smallest absolute Gasteiger partial charge is 0.0300 e. The number of pyridine rings is 1. The molecule has 1 rings (SSSR count). The number of nitrogens with zero attached hydrogens (tertiary/aromatic N) is 1. The number of nitrogens with one attached hydrogen (secondary N) is 1. The lowest BCUT2D eigenvalue weighted by Crippen LogP contribution is -2.29. The van der Waals surface area contributed by atoms with Gasteiger partial charge in [0.25, 0.3) is 0 Å². The highest BCUT2D eigenvalue weighted by Gasteiger charge is 2.20. The second-order valence-electron chi connectivity index (χ2n) is 5.10. The highest BCUT2D eigenvalue weighted by molar-refractivity contribution is 5.10. The molecule has 0 aromatic carbocycles. The molecule has 0 aliphatic rings. The van der Waals surface area contributed by atoms with Crippen LogP contribution < -0.4 is 5.32 Å². The molecule has 1 aromatic rings. The van der Waals surface area contributed by atoms with Crippen molar-refractivity contribution in [3.63, 3.8) is 0 Å². The van der Waals surface area contributed by atoms with Crippen LogP contribution in [0.1, 0.15) is 32.8 Å². The van der Waals surface area contributed by atoms with Crippen LogP contribution in [-0.2, 0) is 6.42 Å². The van der Waals surface area contributed by atoms with Gasteiger partial charge in [-0.2, -0.15) is 0 Å². The molecule has 84 valence electrons. The van der Waals surface area contributed by atoms with Crippen molar-refractivity contribution in [1.82, 2.24) is 10.3 Å². The van der Waals surface area contributed by atoms with Gasteiger partial charge in [-0.1, -0.05) is 19.9 Å². The van der Waals surface area contributed by atoms with Crippen molar-refractivity contribution in [1.29, 1.82) is 0 Å². The van der Waals surface area contributed by atoms with E-state index in [4.69, 9.17) is 0 Å². The summed E-state index contributed by atoms with van der Waals surface area (Å²) in [4.78, 5) is 4.15. The second kappa shape index (κ2) is 5.26. The Hall–Kier alpha value is -0.890. The van der Waals surface area contributed by atoms with Crippen LogP contribution in [0.3, 0.4) is 0 Å². The predicted molar refractivity (Wildman–Crippen MR) is 64.9 cm³/mol. The fraction of sp³-hybridized carbons (Fsp3) is 0.615. The molecule has 0 amide bonds. The van der Waals surface area contributed by atoms with Crippen molar-refractivity contribution >= 4 is 0 Å². The van der Waals surface area contributed by atoms with Crippen LogP contribution in [0.4, 0.5) is 0 Å². The van der Waals surface area contributed by atoms with E-state index in [0.717, 1.165) is 6.42 Å². The molecule has 1 aromatic heterocycles. The van der Waals surface area contributed by atoms with Gasteiger partial charge in [-0.25, -0.2) is 0 Å². The van der Waals surface area contributed by atoms with Crippen LogP contribution in [0.2, 0.25) is 0 Å². The summed E-state index contributed by atoms with van der Waals surface area (Å²) in [5, 5.41) is 3.29. The summed E-state index contributed by atoms with van der Waals surface area (Å²) < 4.78 is 0. The minimum absolute atomic E-state index is 0.325. The Kier molecular flexibility index (Phi) is 4.28. The average Bonchev–Trinajstić information content (AvgIpc) is 2.17. The summed E-state index contributed by atoms with van der Waals surface area (Å²) in [6.45, 7) is 6.85. The van der Waals surface area contributed by atoms with Crippen LogP contribution in [-0.4, -0.2) is 18.1 Å².